The van der Waals surface area contributed by atoms with Crippen LogP contribution in [-0.4, -0.2) is 54.9 Å². The van der Waals surface area contributed by atoms with E-state index < -0.39 is 4.92 Å². The molecule has 2 N–H and O–H groups in total. The molecule has 9 heteroatoms. The van der Waals surface area contributed by atoms with E-state index in [2.05, 4.69) is 9.97 Å². The van der Waals surface area contributed by atoms with Crippen molar-refractivity contribution in [3.05, 3.63) is 15.8 Å². The molecular formula is C12H21N5O4. The van der Waals surface area contributed by atoms with Gasteiger partial charge < -0.3 is 20.1 Å². The third-order valence-corrected chi connectivity index (χ3v) is 2.99. The van der Waals surface area contributed by atoms with Gasteiger partial charge in [0.25, 0.3) is 0 Å². The standard InChI is InChI=1S/C12H21N5O4/c1-8(7-21-4)16(5-6-20-3)11-10(17(18)19)9(2)14-12(13)15-11/h8H,5-7H2,1-4H3,(H2,13,14,15). The highest BCUT2D eigenvalue weighted by atomic mass is 16.6. The molecule has 0 saturated heterocycles. The Balaban J connectivity index is 3.30. The first-order valence-corrected chi connectivity index (χ1v) is 6.45. The summed E-state index contributed by atoms with van der Waals surface area (Å²) in [4.78, 5) is 20.5. The minimum absolute atomic E-state index is 0.000124. The Morgan fingerprint density at radius 2 is 2.05 bits per heavy atom. The van der Waals surface area contributed by atoms with Crippen molar-refractivity contribution < 1.29 is 14.4 Å². The zero-order valence-electron chi connectivity index (χ0n) is 12.7. The van der Waals surface area contributed by atoms with Crippen molar-refractivity contribution >= 4 is 17.5 Å². The Bertz CT molecular complexity index is 497. The van der Waals surface area contributed by atoms with E-state index in [1.165, 1.54) is 6.92 Å². The second-order valence-corrected chi connectivity index (χ2v) is 4.59. The minimum Gasteiger partial charge on any atom is -0.383 e. The lowest BCUT2D eigenvalue weighted by Crippen LogP contribution is -2.40. The van der Waals surface area contributed by atoms with Crippen LogP contribution in [0.3, 0.4) is 0 Å². The van der Waals surface area contributed by atoms with Gasteiger partial charge in [0.2, 0.25) is 11.8 Å². The number of anilines is 2. The SMILES string of the molecule is COCCN(c1nc(N)nc(C)c1[N+](=O)[O-])C(C)COC. The fourth-order valence-electron chi connectivity index (χ4n) is 2.04. The summed E-state index contributed by atoms with van der Waals surface area (Å²) in [6.45, 7) is 4.64. The van der Waals surface area contributed by atoms with E-state index in [0.717, 1.165) is 0 Å². The topological polar surface area (TPSA) is 117 Å². The number of nitrogens with zero attached hydrogens (tertiary/aromatic N) is 4. The Morgan fingerprint density at radius 1 is 1.38 bits per heavy atom. The van der Waals surface area contributed by atoms with Gasteiger partial charge in [-0.3, -0.25) is 10.1 Å². The molecule has 0 aliphatic rings. The maximum absolute atomic E-state index is 11.3. The summed E-state index contributed by atoms with van der Waals surface area (Å²) in [5, 5.41) is 11.3. The van der Waals surface area contributed by atoms with Gasteiger partial charge in [0.05, 0.1) is 24.2 Å². The Hall–Kier alpha value is -2.00. The number of methoxy groups -OCH3 is 2. The van der Waals surface area contributed by atoms with E-state index in [1.807, 2.05) is 6.92 Å². The van der Waals surface area contributed by atoms with Gasteiger partial charge in [-0.15, -0.1) is 0 Å². The average molecular weight is 299 g/mol. The monoisotopic (exact) mass is 299 g/mol. The maximum Gasteiger partial charge on any atom is 0.332 e. The Morgan fingerprint density at radius 3 is 2.57 bits per heavy atom. The zero-order valence-corrected chi connectivity index (χ0v) is 12.7. The van der Waals surface area contributed by atoms with Gasteiger partial charge in [-0.2, -0.15) is 4.98 Å². The highest BCUT2D eigenvalue weighted by molar-refractivity contribution is 5.62. The molecule has 0 aliphatic heterocycles. The van der Waals surface area contributed by atoms with Crippen molar-refractivity contribution in [1.29, 1.82) is 0 Å². The summed E-state index contributed by atoms with van der Waals surface area (Å²) in [5.74, 6) is 0.187. The molecule has 1 unspecified atom stereocenters. The summed E-state index contributed by atoms with van der Waals surface area (Å²) < 4.78 is 10.2. The smallest absolute Gasteiger partial charge is 0.332 e. The molecule has 1 aromatic rings. The molecule has 0 radical (unpaired) electrons. The number of aromatic nitrogens is 2. The summed E-state index contributed by atoms with van der Waals surface area (Å²) >= 11 is 0. The normalized spacial score (nSPS) is 12.2. The van der Waals surface area contributed by atoms with E-state index in [0.29, 0.717) is 19.8 Å². The van der Waals surface area contributed by atoms with Crippen molar-refractivity contribution in [3.63, 3.8) is 0 Å². The van der Waals surface area contributed by atoms with Crippen LogP contribution in [0.25, 0.3) is 0 Å². The van der Waals surface area contributed by atoms with Gasteiger partial charge in [-0.25, -0.2) is 4.98 Å². The molecule has 21 heavy (non-hydrogen) atoms. The Labute approximate surface area is 123 Å². The number of ether oxygens (including phenoxy) is 2. The molecule has 0 saturated carbocycles. The first-order chi connectivity index (χ1) is 9.92. The molecule has 1 heterocycles. The molecule has 0 spiro atoms. The van der Waals surface area contributed by atoms with Crippen LogP contribution in [0.5, 0.6) is 0 Å². The van der Waals surface area contributed by atoms with E-state index in [4.69, 9.17) is 15.2 Å². The van der Waals surface area contributed by atoms with Gasteiger partial charge in [0.1, 0.15) is 5.69 Å². The molecule has 0 bridgehead atoms. The highest BCUT2D eigenvalue weighted by Gasteiger charge is 2.28. The number of hydrogen-bond acceptors (Lipinski definition) is 8. The third kappa shape index (κ3) is 4.23. The lowest BCUT2D eigenvalue weighted by molar-refractivity contribution is -0.385. The van der Waals surface area contributed by atoms with Crippen LogP contribution in [0.4, 0.5) is 17.5 Å². The van der Waals surface area contributed by atoms with Crippen LogP contribution in [0.1, 0.15) is 12.6 Å². The van der Waals surface area contributed by atoms with Gasteiger partial charge in [0.15, 0.2) is 0 Å². The number of rotatable bonds is 8. The van der Waals surface area contributed by atoms with Crippen LogP contribution in [0, 0.1) is 17.0 Å². The molecule has 0 fully saturated rings. The molecule has 0 aliphatic carbocycles. The average Bonchev–Trinajstić information content (AvgIpc) is 2.38. The number of aryl methyl sites for hydroxylation is 1. The molecule has 0 amide bonds. The largest absolute Gasteiger partial charge is 0.383 e. The fourth-order valence-corrected chi connectivity index (χ4v) is 2.04. The van der Waals surface area contributed by atoms with Crippen LogP contribution >= 0.6 is 0 Å². The van der Waals surface area contributed by atoms with Gasteiger partial charge in [-0.05, 0) is 13.8 Å². The first-order valence-electron chi connectivity index (χ1n) is 6.45. The lowest BCUT2D eigenvalue weighted by Gasteiger charge is -2.29. The third-order valence-electron chi connectivity index (χ3n) is 2.99. The minimum atomic E-state index is -0.497. The molecular weight excluding hydrogens is 278 g/mol. The van der Waals surface area contributed by atoms with Crippen LogP contribution in [0.15, 0.2) is 0 Å². The second kappa shape index (κ2) is 7.70. The molecule has 1 aromatic heterocycles. The fraction of sp³-hybridized carbons (Fsp3) is 0.667. The first kappa shape index (κ1) is 17.1. The zero-order chi connectivity index (χ0) is 16.0. The van der Waals surface area contributed by atoms with Crippen LogP contribution in [-0.2, 0) is 9.47 Å². The second-order valence-electron chi connectivity index (χ2n) is 4.59. The van der Waals surface area contributed by atoms with Gasteiger partial charge in [0, 0.05) is 20.8 Å². The molecule has 118 valence electrons. The number of nitrogens with two attached hydrogens (primary N) is 1. The van der Waals surface area contributed by atoms with Crippen molar-refractivity contribution in [1.82, 2.24) is 9.97 Å². The number of hydrogen-bond donors (Lipinski definition) is 1. The summed E-state index contributed by atoms with van der Waals surface area (Å²) in [5.41, 5.74) is 5.72. The van der Waals surface area contributed by atoms with Crippen molar-refractivity contribution in [3.8, 4) is 0 Å². The quantitative estimate of drug-likeness (QED) is 0.552. The molecule has 1 atom stereocenters. The van der Waals surface area contributed by atoms with Gasteiger partial charge in [-0.1, -0.05) is 0 Å². The van der Waals surface area contributed by atoms with E-state index >= 15 is 0 Å². The van der Waals surface area contributed by atoms with Gasteiger partial charge >= 0.3 is 5.69 Å². The summed E-state index contributed by atoms with van der Waals surface area (Å²) in [6.07, 6.45) is 0. The van der Waals surface area contributed by atoms with Crippen LogP contribution in [0.2, 0.25) is 0 Å². The molecule has 1 rings (SSSR count). The van der Waals surface area contributed by atoms with E-state index in [-0.39, 0.29) is 29.2 Å². The predicted molar refractivity (Wildman–Crippen MR) is 78.4 cm³/mol. The van der Waals surface area contributed by atoms with Crippen molar-refractivity contribution in [2.24, 2.45) is 0 Å². The van der Waals surface area contributed by atoms with Crippen molar-refractivity contribution in [2.75, 3.05) is 44.6 Å². The number of nitrogen functional groups attached to an aromatic ring is 1. The predicted octanol–water partition coefficient (Wildman–Crippen LogP) is 0.763. The lowest BCUT2D eigenvalue weighted by atomic mass is 10.2. The molecule has 0 aromatic carbocycles. The summed E-state index contributed by atoms with van der Waals surface area (Å²) in [7, 11) is 3.13. The molecule has 9 nitrogen and oxygen atoms in total. The summed E-state index contributed by atoms with van der Waals surface area (Å²) in [6, 6.07) is -0.127. The highest BCUT2D eigenvalue weighted by Crippen LogP contribution is 2.30. The Kier molecular flexibility index (Phi) is 6.25. The van der Waals surface area contributed by atoms with Crippen LogP contribution < -0.4 is 10.6 Å². The number of nitro groups is 1. The van der Waals surface area contributed by atoms with Crippen molar-refractivity contribution in [2.45, 2.75) is 19.9 Å². The maximum atomic E-state index is 11.3. The van der Waals surface area contributed by atoms with E-state index in [1.54, 1.807) is 19.1 Å². The van der Waals surface area contributed by atoms with E-state index in [9.17, 15) is 10.1 Å².